The van der Waals surface area contributed by atoms with Gasteiger partial charge >= 0.3 is 5.97 Å². The molecule has 1 aliphatic heterocycles. The van der Waals surface area contributed by atoms with E-state index in [9.17, 15) is 40.2 Å². The molecule has 0 radical (unpaired) electrons. The molecule has 3 saturated carbocycles. The van der Waals surface area contributed by atoms with Crippen molar-refractivity contribution in [2.24, 2.45) is 11.8 Å². The van der Waals surface area contributed by atoms with Crippen LogP contribution >= 0.6 is 0 Å². The monoisotopic (exact) mass is 528 g/mol. The van der Waals surface area contributed by atoms with Gasteiger partial charge in [0.15, 0.2) is 11.4 Å². The number of carboxylic acid groups (broad SMARTS) is 1. The van der Waals surface area contributed by atoms with Crippen molar-refractivity contribution in [2.45, 2.75) is 87.7 Å². The number of ketones is 1. The average molecular weight is 529 g/mol. The van der Waals surface area contributed by atoms with Gasteiger partial charge in [-0.15, -0.1) is 0 Å². The topological polar surface area (TPSA) is 174 Å². The number of aliphatic hydroxyl groups excluding tert-OH is 1. The van der Waals surface area contributed by atoms with Gasteiger partial charge in [-0.2, -0.15) is 0 Å². The van der Waals surface area contributed by atoms with E-state index < -0.39 is 52.8 Å². The van der Waals surface area contributed by atoms with Crippen molar-refractivity contribution >= 4 is 22.5 Å². The summed E-state index contributed by atoms with van der Waals surface area (Å²) in [4.78, 5) is 24.2. The summed E-state index contributed by atoms with van der Waals surface area (Å²) in [5.74, 6) is -2.78. The van der Waals surface area contributed by atoms with Crippen LogP contribution in [0.3, 0.4) is 0 Å². The minimum atomic E-state index is -2.08. The van der Waals surface area contributed by atoms with Crippen LogP contribution in [0, 0.1) is 18.8 Å². The second-order valence-electron chi connectivity index (χ2n) is 11.6. The van der Waals surface area contributed by atoms with E-state index >= 15 is 0 Å². The number of phenolic OH excluding ortho intramolecular Hbond substituents is 1. The van der Waals surface area contributed by atoms with Gasteiger partial charge in [0.2, 0.25) is 6.29 Å². The highest BCUT2D eigenvalue weighted by Gasteiger charge is 2.75. The number of aromatic hydroxyl groups is 1. The quantitative estimate of drug-likeness (QED) is 0.322. The minimum Gasteiger partial charge on any atom is -0.506 e. The Morgan fingerprint density at radius 1 is 1.05 bits per heavy atom. The lowest BCUT2D eigenvalue weighted by atomic mass is 9.52. The zero-order valence-electron chi connectivity index (χ0n) is 21.2. The fraction of sp³-hybridized carbons (Fsp3) is 0.571. The molecule has 4 aliphatic rings. The number of ether oxygens (including phenoxy) is 2. The summed E-state index contributed by atoms with van der Waals surface area (Å²) in [6.45, 7) is 2.92. The van der Waals surface area contributed by atoms with Crippen molar-refractivity contribution in [1.82, 2.24) is 0 Å². The van der Waals surface area contributed by atoms with Crippen LogP contribution < -0.4 is 4.74 Å². The Morgan fingerprint density at radius 2 is 1.79 bits per heavy atom. The Kier molecular flexibility index (Phi) is 5.45. The zero-order chi connectivity index (χ0) is 27.4. The van der Waals surface area contributed by atoms with Crippen LogP contribution in [0.25, 0.3) is 10.8 Å². The number of fused-ring (bicyclic) bond motifs is 4. The molecule has 38 heavy (non-hydrogen) atoms. The molecule has 3 aliphatic carbocycles. The van der Waals surface area contributed by atoms with Crippen molar-refractivity contribution in [3.8, 4) is 11.5 Å². The Labute approximate surface area is 218 Å². The molecular weight excluding hydrogens is 496 g/mol. The molecule has 6 rings (SSSR count). The second kappa shape index (κ2) is 8.12. The molecule has 6 N–H and O–H groups in total. The molecule has 1 saturated heterocycles. The summed E-state index contributed by atoms with van der Waals surface area (Å²) in [7, 11) is 0. The maximum atomic E-state index is 12.3. The lowest BCUT2D eigenvalue weighted by molar-refractivity contribution is -0.410. The van der Waals surface area contributed by atoms with Gasteiger partial charge in [0.25, 0.3) is 0 Å². The number of benzene rings is 2. The molecule has 204 valence electrons. The van der Waals surface area contributed by atoms with Gasteiger partial charge in [-0.3, -0.25) is 4.79 Å². The predicted molar refractivity (Wildman–Crippen MR) is 132 cm³/mol. The van der Waals surface area contributed by atoms with Crippen molar-refractivity contribution in [3.05, 3.63) is 34.9 Å². The van der Waals surface area contributed by atoms with E-state index in [0.29, 0.717) is 24.8 Å². The molecule has 10 nitrogen and oxygen atoms in total. The Bertz CT molecular complexity index is 1370. The molecule has 2 aromatic carbocycles. The van der Waals surface area contributed by atoms with Crippen molar-refractivity contribution in [3.63, 3.8) is 0 Å². The number of rotatable bonds is 4. The maximum absolute atomic E-state index is 12.3. The molecular formula is C28H32O10. The van der Waals surface area contributed by atoms with Crippen LogP contribution in [0.5, 0.6) is 11.5 Å². The minimum absolute atomic E-state index is 0.0318. The van der Waals surface area contributed by atoms with Gasteiger partial charge in [0, 0.05) is 0 Å². The number of hydrogen-bond donors (Lipinski definition) is 6. The smallest absolute Gasteiger partial charge is 0.335 e. The highest BCUT2D eigenvalue weighted by atomic mass is 16.7. The number of carbonyl (C=O) groups excluding carboxylic acids is 1. The number of aryl methyl sites for hydroxylation is 1. The Morgan fingerprint density at radius 3 is 2.47 bits per heavy atom. The first-order chi connectivity index (χ1) is 17.8. The van der Waals surface area contributed by atoms with Gasteiger partial charge in [-0.25, -0.2) is 4.79 Å². The van der Waals surface area contributed by atoms with Gasteiger partial charge in [-0.1, -0.05) is 12.5 Å². The lowest BCUT2D eigenvalue weighted by Gasteiger charge is -2.65. The molecule has 2 bridgehead atoms. The number of phenols is 1. The first kappa shape index (κ1) is 25.5. The van der Waals surface area contributed by atoms with Crippen LogP contribution in [0.4, 0.5) is 0 Å². The number of carboxylic acids is 1. The summed E-state index contributed by atoms with van der Waals surface area (Å²) in [5.41, 5.74) is -5.10. The predicted octanol–water partition coefficient (Wildman–Crippen LogP) is 2.03. The number of Topliss-reactive ketones (excluding diaryl/α,β-unsaturated/α-hetero) is 1. The van der Waals surface area contributed by atoms with Crippen LogP contribution in [-0.4, -0.2) is 77.7 Å². The molecule has 0 amide bonds. The summed E-state index contributed by atoms with van der Waals surface area (Å²) in [5, 5.41) is 67.6. The third-order valence-electron chi connectivity index (χ3n) is 9.61. The molecule has 1 heterocycles. The van der Waals surface area contributed by atoms with Gasteiger partial charge in [-0.05, 0) is 80.9 Å². The van der Waals surface area contributed by atoms with Gasteiger partial charge < -0.3 is 40.1 Å². The first-order valence-corrected chi connectivity index (χ1v) is 13.0. The Balaban J connectivity index is 1.51. The van der Waals surface area contributed by atoms with Crippen molar-refractivity contribution in [1.29, 1.82) is 0 Å². The lowest BCUT2D eigenvalue weighted by Crippen LogP contribution is -2.83. The van der Waals surface area contributed by atoms with Crippen molar-refractivity contribution in [2.75, 3.05) is 0 Å². The third-order valence-corrected chi connectivity index (χ3v) is 9.61. The van der Waals surface area contributed by atoms with Crippen molar-refractivity contribution < 1.29 is 49.7 Å². The van der Waals surface area contributed by atoms with E-state index in [1.165, 1.54) is 13.0 Å². The SMILES string of the molecule is CC(=O)c1c(C)cc2cc(C(=O)O)cc(O[C@@H]3O[C@@H]4[C@]5(O)CCC[C@H]5C[C@H]5CC[C@]3(O)[C@@H](O)[C@]54O)c2c1O. The number of aliphatic hydroxyl groups is 4. The highest BCUT2D eigenvalue weighted by Crippen LogP contribution is 2.61. The summed E-state index contributed by atoms with van der Waals surface area (Å²) in [6.07, 6.45) is -1.83. The highest BCUT2D eigenvalue weighted by molar-refractivity contribution is 6.08. The fourth-order valence-corrected chi connectivity index (χ4v) is 7.80. The molecule has 0 aromatic heterocycles. The number of aromatic carboxylic acids is 1. The Hall–Kier alpha value is -2.76. The summed E-state index contributed by atoms with van der Waals surface area (Å²) in [6, 6.07) is 4.06. The van der Waals surface area contributed by atoms with Crippen LogP contribution in [-0.2, 0) is 4.74 Å². The third kappa shape index (κ3) is 3.18. The molecule has 2 aromatic rings. The van der Waals surface area contributed by atoms with E-state index in [2.05, 4.69) is 0 Å². The summed E-state index contributed by atoms with van der Waals surface area (Å²) < 4.78 is 12.3. The number of carbonyl (C=O) groups is 2. The molecule has 10 heteroatoms. The van der Waals surface area contributed by atoms with E-state index in [0.717, 1.165) is 18.9 Å². The van der Waals surface area contributed by atoms with Crippen LogP contribution in [0.1, 0.15) is 71.7 Å². The average Bonchev–Trinajstić information content (AvgIpc) is 3.22. The van der Waals surface area contributed by atoms with E-state index in [1.54, 1.807) is 13.0 Å². The van der Waals surface area contributed by atoms with E-state index in [-0.39, 0.29) is 45.9 Å². The normalized spacial score (nSPS) is 39.6. The van der Waals surface area contributed by atoms with E-state index in [4.69, 9.17) is 9.47 Å². The molecule has 4 fully saturated rings. The molecule has 0 spiro atoms. The van der Waals surface area contributed by atoms with Gasteiger partial charge in [0.1, 0.15) is 29.3 Å². The second-order valence-corrected chi connectivity index (χ2v) is 11.6. The standard InChI is InChI=1S/C28H32O10/c1-12-8-14-9-15(22(31)32)10-18(20(14)21(30)19(12)13(2)29)37-25-27(35)7-5-17-11-16-4-3-6-26(16,34)24(38-25)28(17,36)23(27)33/h8-10,16-17,23-25,30,33-36H,3-7,11H2,1-2H3,(H,31,32)/t16-,17+,23+,24+,25+,26-,27-,28+/m0/s1. The molecule has 8 atom stereocenters. The molecule has 0 unspecified atom stereocenters. The fourth-order valence-electron chi connectivity index (χ4n) is 7.80. The van der Waals surface area contributed by atoms with Crippen LogP contribution in [0.15, 0.2) is 18.2 Å². The van der Waals surface area contributed by atoms with Gasteiger partial charge in [0.05, 0.1) is 22.1 Å². The number of hydrogen-bond acceptors (Lipinski definition) is 9. The summed E-state index contributed by atoms with van der Waals surface area (Å²) >= 11 is 0. The van der Waals surface area contributed by atoms with Crippen LogP contribution in [0.2, 0.25) is 0 Å². The maximum Gasteiger partial charge on any atom is 0.335 e. The van der Waals surface area contributed by atoms with E-state index in [1.807, 2.05) is 0 Å². The zero-order valence-corrected chi connectivity index (χ0v) is 21.2. The first-order valence-electron chi connectivity index (χ1n) is 13.0. The largest absolute Gasteiger partial charge is 0.506 e.